The van der Waals surface area contributed by atoms with Crippen molar-refractivity contribution in [2.24, 2.45) is 0 Å². The van der Waals surface area contributed by atoms with Gasteiger partial charge in [-0.05, 0) is 65.0 Å². The van der Waals surface area contributed by atoms with Crippen molar-refractivity contribution < 1.29 is 31.9 Å². The Morgan fingerprint density at radius 2 is 1.70 bits per heavy atom. The molecule has 12 heteroatoms. The first-order valence-electron chi connectivity index (χ1n) is 11.6. The third-order valence-electron chi connectivity index (χ3n) is 5.89. The number of rotatable bonds is 2. The number of imidazole rings is 1. The second kappa shape index (κ2) is 9.00. The zero-order chi connectivity index (χ0) is 27.3. The molecule has 4 rings (SSSR count). The zero-order valence-electron chi connectivity index (χ0n) is 21.1. The number of ether oxygens (including phenoxy) is 1. The van der Waals surface area contributed by atoms with E-state index in [9.17, 15) is 27.2 Å². The molecule has 3 aromatic rings. The summed E-state index contributed by atoms with van der Waals surface area (Å²) in [4.78, 5) is 32.9. The van der Waals surface area contributed by atoms with Crippen molar-refractivity contribution >= 4 is 17.6 Å². The lowest BCUT2D eigenvalue weighted by atomic mass is 9.98. The highest BCUT2D eigenvalue weighted by Gasteiger charge is 2.41. The Kier molecular flexibility index (Phi) is 6.41. The minimum atomic E-state index is -4.77. The van der Waals surface area contributed by atoms with Gasteiger partial charge in [0.15, 0.2) is 5.65 Å². The van der Waals surface area contributed by atoms with E-state index in [1.54, 1.807) is 34.6 Å². The van der Waals surface area contributed by atoms with Crippen molar-refractivity contribution in [2.75, 3.05) is 19.6 Å². The van der Waals surface area contributed by atoms with E-state index in [2.05, 4.69) is 10.1 Å². The number of amides is 2. The Morgan fingerprint density at radius 1 is 1.05 bits per heavy atom. The highest BCUT2D eigenvalue weighted by atomic mass is 19.4. The van der Waals surface area contributed by atoms with E-state index in [1.807, 2.05) is 0 Å². The molecule has 1 fully saturated rings. The lowest BCUT2D eigenvalue weighted by molar-refractivity contribution is -0.136. The quantitative estimate of drug-likeness (QED) is 0.442. The van der Waals surface area contributed by atoms with Crippen molar-refractivity contribution in [3.63, 3.8) is 0 Å². The van der Waals surface area contributed by atoms with E-state index >= 15 is 0 Å². The molecule has 0 bridgehead atoms. The number of carbonyl (C=O) groups is 2. The van der Waals surface area contributed by atoms with Crippen LogP contribution in [-0.4, -0.2) is 67.2 Å². The minimum absolute atomic E-state index is 0.0532. The van der Waals surface area contributed by atoms with Gasteiger partial charge in [-0.1, -0.05) is 0 Å². The van der Waals surface area contributed by atoms with Crippen LogP contribution in [0.3, 0.4) is 0 Å². The van der Waals surface area contributed by atoms with Gasteiger partial charge in [-0.2, -0.15) is 18.3 Å². The predicted molar refractivity (Wildman–Crippen MR) is 126 cm³/mol. The zero-order valence-corrected chi connectivity index (χ0v) is 21.1. The molecular formula is C25H27F4N5O3. The fourth-order valence-electron chi connectivity index (χ4n) is 4.20. The third kappa shape index (κ3) is 5.52. The Bertz CT molecular complexity index is 1340. The van der Waals surface area contributed by atoms with Gasteiger partial charge in [-0.3, -0.25) is 4.79 Å². The summed E-state index contributed by atoms with van der Waals surface area (Å²) < 4.78 is 61.4. The average Bonchev–Trinajstić information content (AvgIpc) is 3.20. The molecule has 3 heterocycles. The average molecular weight is 522 g/mol. The van der Waals surface area contributed by atoms with Crippen molar-refractivity contribution in [2.45, 2.75) is 51.9 Å². The molecule has 0 unspecified atom stereocenters. The molecule has 1 saturated heterocycles. The molecule has 8 nitrogen and oxygen atoms in total. The summed E-state index contributed by atoms with van der Waals surface area (Å²) in [5.74, 6) is -1.12. The van der Waals surface area contributed by atoms with E-state index in [4.69, 9.17) is 4.74 Å². The molecule has 0 saturated carbocycles. The second-order valence-corrected chi connectivity index (χ2v) is 10.5. The van der Waals surface area contributed by atoms with Gasteiger partial charge < -0.3 is 14.5 Å². The van der Waals surface area contributed by atoms with E-state index in [-0.39, 0.29) is 36.6 Å². The first-order chi connectivity index (χ1) is 17.0. The molecule has 0 aliphatic carbocycles. The van der Waals surface area contributed by atoms with E-state index in [0.29, 0.717) is 0 Å². The molecule has 2 amide bonds. The van der Waals surface area contributed by atoms with Gasteiger partial charge in [-0.15, -0.1) is 0 Å². The van der Waals surface area contributed by atoms with Crippen LogP contribution in [-0.2, 0) is 10.9 Å². The van der Waals surface area contributed by atoms with Crippen molar-refractivity contribution in [1.29, 1.82) is 0 Å². The Hall–Kier alpha value is -3.70. The van der Waals surface area contributed by atoms with E-state index in [0.717, 1.165) is 28.9 Å². The van der Waals surface area contributed by atoms with E-state index in [1.165, 1.54) is 21.9 Å². The maximum atomic E-state index is 13.9. The summed E-state index contributed by atoms with van der Waals surface area (Å²) in [5.41, 5.74) is -3.12. The summed E-state index contributed by atoms with van der Waals surface area (Å²) in [5, 5.41) is 4.19. The number of hydrogen-bond acceptors (Lipinski definition) is 5. The number of hydrogen-bond donors (Lipinski definition) is 0. The lowest BCUT2D eigenvalue weighted by Gasteiger charge is -2.46. The maximum absolute atomic E-state index is 13.9. The van der Waals surface area contributed by atoms with Crippen LogP contribution < -0.4 is 0 Å². The molecule has 198 valence electrons. The standard InChI is InChI=1S/C25H27F4N5O3/c1-23(2,3)37-22(36)32-10-11-33(24(4,5)14-32)21(35)19-13-34-20(30-19)17(25(27,28)29)12-18(31-34)15-6-8-16(26)9-7-15/h6-9,12-13H,10-11,14H2,1-5H3. The highest BCUT2D eigenvalue weighted by molar-refractivity contribution is 5.94. The number of carbonyl (C=O) groups excluding carboxylic acids is 2. The van der Waals surface area contributed by atoms with Gasteiger partial charge in [0, 0.05) is 25.2 Å². The maximum Gasteiger partial charge on any atom is 0.420 e. The molecule has 0 spiro atoms. The Labute approximate surface area is 210 Å². The summed E-state index contributed by atoms with van der Waals surface area (Å²) in [6.45, 7) is 9.27. The van der Waals surface area contributed by atoms with E-state index < -0.39 is 46.3 Å². The third-order valence-corrected chi connectivity index (χ3v) is 5.89. The number of piperazine rings is 1. The predicted octanol–water partition coefficient (Wildman–Crippen LogP) is 5.03. The summed E-state index contributed by atoms with van der Waals surface area (Å²) in [7, 11) is 0. The smallest absolute Gasteiger partial charge is 0.420 e. The van der Waals surface area contributed by atoms with Crippen LogP contribution in [0.4, 0.5) is 22.4 Å². The van der Waals surface area contributed by atoms with Gasteiger partial charge in [0.1, 0.15) is 22.7 Å². The first kappa shape index (κ1) is 26.4. The SMILES string of the molecule is CC(C)(C)OC(=O)N1CCN(C(=O)c2cn3nc(-c4ccc(F)cc4)cc(C(F)(F)F)c3n2)C(C)(C)C1. The van der Waals surface area contributed by atoms with Crippen LogP contribution in [0, 0.1) is 5.82 Å². The summed E-state index contributed by atoms with van der Waals surface area (Å²) >= 11 is 0. The van der Waals surface area contributed by atoms with Gasteiger partial charge in [0.25, 0.3) is 5.91 Å². The second-order valence-electron chi connectivity index (χ2n) is 10.5. The topological polar surface area (TPSA) is 80.0 Å². The van der Waals surface area contributed by atoms with Crippen LogP contribution >= 0.6 is 0 Å². The largest absolute Gasteiger partial charge is 0.444 e. The molecule has 37 heavy (non-hydrogen) atoms. The van der Waals surface area contributed by atoms with Gasteiger partial charge in [-0.25, -0.2) is 18.7 Å². The normalized spacial score (nSPS) is 16.2. The fourth-order valence-corrected chi connectivity index (χ4v) is 4.20. The monoisotopic (exact) mass is 521 g/mol. The van der Waals surface area contributed by atoms with Gasteiger partial charge in [0.2, 0.25) is 0 Å². The van der Waals surface area contributed by atoms with Crippen LogP contribution in [0.5, 0.6) is 0 Å². The molecule has 1 aliphatic heterocycles. The van der Waals surface area contributed by atoms with Gasteiger partial charge in [0.05, 0.1) is 17.4 Å². The number of alkyl halides is 3. The number of aromatic nitrogens is 3. The number of halogens is 4. The molecule has 0 radical (unpaired) electrons. The summed E-state index contributed by atoms with van der Waals surface area (Å²) in [6, 6.07) is 5.71. The molecule has 0 N–H and O–H groups in total. The van der Waals surface area contributed by atoms with Crippen LogP contribution in [0.1, 0.15) is 50.7 Å². The van der Waals surface area contributed by atoms with Gasteiger partial charge >= 0.3 is 12.3 Å². The summed E-state index contributed by atoms with van der Waals surface area (Å²) in [6.07, 6.45) is -4.13. The molecule has 0 atom stereocenters. The first-order valence-corrected chi connectivity index (χ1v) is 11.6. The number of benzene rings is 1. The highest BCUT2D eigenvalue weighted by Crippen LogP contribution is 2.35. The molecule has 1 aromatic carbocycles. The lowest BCUT2D eigenvalue weighted by Crippen LogP contribution is -2.62. The number of fused-ring (bicyclic) bond motifs is 1. The minimum Gasteiger partial charge on any atom is -0.444 e. The van der Waals surface area contributed by atoms with Crippen LogP contribution in [0.25, 0.3) is 16.9 Å². The molecular weight excluding hydrogens is 494 g/mol. The van der Waals surface area contributed by atoms with Crippen molar-refractivity contribution in [3.8, 4) is 11.3 Å². The Balaban J connectivity index is 1.66. The Morgan fingerprint density at radius 3 is 2.27 bits per heavy atom. The van der Waals surface area contributed by atoms with Crippen molar-refractivity contribution in [3.05, 3.63) is 53.6 Å². The molecule has 1 aliphatic rings. The fraction of sp³-hybridized carbons (Fsp3) is 0.440. The number of nitrogens with zero attached hydrogens (tertiary/aromatic N) is 5. The van der Waals surface area contributed by atoms with Crippen molar-refractivity contribution in [1.82, 2.24) is 24.4 Å². The van der Waals surface area contributed by atoms with Crippen LogP contribution in [0.15, 0.2) is 36.5 Å². The van der Waals surface area contributed by atoms with Crippen LogP contribution in [0.2, 0.25) is 0 Å². The molecule has 2 aromatic heterocycles.